The van der Waals surface area contributed by atoms with E-state index in [2.05, 4.69) is 6.58 Å². The Morgan fingerprint density at radius 1 is 1.12 bits per heavy atom. The van der Waals surface area contributed by atoms with Crippen LogP contribution in [0.3, 0.4) is 0 Å². The van der Waals surface area contributed by atoms with Gasteiger partial charge in [-0.3, -0.25) is 0 Å². The molecule has 2 bridgehead atoms. The molecule has 0 saturated heterocycles. The van der Waals surface area contributed by atoms with Crippen molar-refractivity contribution in [1.82, 2.24) is 0 Å². The van der Waals surface area contributed by atoms with Gasteiger partial charge in [0.25, 0.3) is 5.60 Å². The number of ether oxygens (including phenoxy) is 1. The first kappa shape index (κ1) is 21.1. The molecule has 0 heterocycles. The molecule has 0 radical (unpaired) electrons. The summed E-state index contributed by atoms with van der Waals surface area (Å²) in [6.45, 7) is 6.28. The molecule has 2 rings (SSSR count). The lowest BCUT2D eigenvalue weighted by atomic mass is 9.74. The van der Waals surface area contributed by atoms with E-state index in [1.807, 2.05) is 0 Å². The molecular formula is C17H22F6O3. The molecule has 0 aromatic rings. The fraction of sp³-hybridized carbons (Fsp3) is 0.824. The normalized spacial score (nSPS) is 30.3. The summed E-state index contributed by atoms with van der Waals surface area (Å²) >= 11 is 0. The third kappa shape index (κ3) is 3.73. The summed E-state index contributed by atoms with van der Waals surface area (Å²) < 4.78 is 82.6. The topological polar surface area (TPSA) is 46.5 Å². The average Bonchev–Trinajstić information content (AvgIpc) is 3.04. The van der Waals surface area contributed by atoms with Gasteiger partial charge < -0.3 is 9.84 Å². The molecule has 1 N–H and O–H groups in total. The molecule has 3 nitrogen and oxygen atoms in total. The van der Waals surface area contributed by atoms with Crippen molar-refractivity contribution >= 4 is 5.97 Å². The van der Waals surface area contributed by atoms with Crippen LogP contribution in [-0.4, -0.2) is 35.1 Å². The molecule has 5 unspecified atom stereocenters. The summed E-state index contributed by atoms with van der Waals surface area (Å²) in [5.74, 6) is -2.10. The summed E-state index contributed by atoms with van der Waals surface area (Å²) in [7, 11) is 0. The van der Waals surface area contributed by atoms with E-state index in [0.29, 0.717) is 19.3 Å². The van der Waals surface area contributed by atoms with E-state index >= 15 is 0 Å². The van der Waals surface area contributed by atoms with Gasteiger partial charge in [0, 0.05) is 5.57 Å². The van der Waals surface area contributed by atoms with Gasteiger partial charge in [-0.2, -0.15) is 26.3 Å². The highest BCUT2D eigenvalue weighted by Crippen LogP contribution is 2.55. The number of hydrogen-bond acceptors (Lipinski definition) is 3. The number of carbonyl (C=O) groups excluding carboxylic acids is 1. The van der Waals surface area contributed by atoms with Crippen LogP contribution in [0.25, 0.3) is 0 Å². The first-order valence-electron chi connectivity index (χ1n) is 8.39. The molecule has 9 heteroatoms. The summed E-state index contributed by atoms with van der Waals surface area (Å²) in [5.41, 5.74) is -4.48. The number of carbonyl (C=O) groups is 1. The van der Waals surface area contributed by atoms with Gasteiger partial charge >= 0.3 is 18.3 Å². The number of rotatable bonds is 5. The van der Waals surface area contributed by atoms with Crippen molar-refractivity contribution in [3.05, 3.63) is 12.2 Å². The second-order valence-corrected chi connectivity index (χ2v) is 7.65. The van der Waals surface area contributed by atoms with E-state index < -0.39 is 36.3 Å². The number of alkyl halides is 6. The molecular weight excluding hydrogens is 366 g/mol. The Hall–Kier alpha value is -1.25. The molecule has 26 heavy (non-hydrogen) atoms. The second-order valence-electron chi connectivity index (χ2n) is 7.65. The minimum absolute atomic E-state index is 0.0828. The van der Waals surface area contributed by atoms with Crippen molar-refractivity contribution in [2.24, 2.45) is 23.7 Å². The third-order valence-corrected chi connectivity index (χ3v) is 5.74. The van der Waals surface area contributed by atoms with Crippen molar-refractivity contribution in [3.8, 4) is 0 Å². The molecule has 5 atom stereocenters. The monoisotopic (exact) mass is 388 g/mol. The lowest BCUT2D eigenvalue weighted by molar-refractivity contribution is -0.373. The largest absolute Gasteiger partial charge is 0.459 e. The number of aliphatic hydroxyl groups is 1. The van der Waals surface area contributed by atoms with Crippen LogP contribution < -0.4 is 0 Å². The molecule has 2 aliphatic carbocycles. The summed E-state index contributed by atoms with van der Waals surface area (Å²) in [4.78, 5) is 11.6. The van der Waals surface area contributed by atoms with Gasteiger partial charge in [0.05, 0.1) is 0 Å². The highest BCUT2D eigenvalue weighted by Gasteiger charge is 2.70. The lowest BCUT2D eigenvalue weighted by Gasteiger charge is -2.38. The quantitative estimate of drug-likeness (QED) is 0.431. The van der Waals surface area contributed by atoms with E-state index in [0.717, 1.165) is 0 Å². The third-order valence-electron chi connectivity index (χ3n) is 5.74. The molecule has 2 fully saturated rings. The lowest BCUT2D eigenvalue weighted by Crippen LogP contribution is -2.58. The zero-order valence-corrected chi connectivity index (χ0v) is 14.5. The van der Waals surface area contributed by atoms with Crippen molar-refractivity contribution < 1.29 is 41.0 Å². The van der Waals surface area contributed by atoms with E-state index in [1.165, 1.54) is 13.8 Å². The maximum Gasteiger partial charge on any atom is 0.426 e. The molecule has 0 aromatic heterocycles. The number of halogens is 6. The maximum absolute atomic E-state index is 12.9. The van der Waals surface area contributed by atoms with Gasteiger partial charge in [0.2, 0.25) is 0 Å². The smallest absolute Gasteiger partial charge is 0.426 e. The molecule has 150 valence electrons. The fourth-order valence-electron chi connectivity index (χ4n) is 4.36. The molecule has 2 saturated carbocycles. The highest BCUT2D eigenvalue weighted by atomic mass is 19.4. The summed E-state index contributed by atoms with van der Waals surface area (Å²) in [6.07, 6.45) is -12.0. The van der Waals surface area contributed by atoms with E-state index in [4.69, 9.17) is 4.74 Å². The van der Waals surface area contributed by atoms with Crippen LogP contribution in [0.4, 0.5) is 26.3 Å². The Balaban J connectivity index is 2.04. The first-order valence-corrected chi connectivity index (χ1v) is 8.39. The summed E-state index contributed by atoms with van der Waals surface area (Å²) in [6, 6.07) is 0. The number of fused-ring (bicyclic) bond motifs is 2. The van der Waals surface area contributed by atoms with Crippen molar-refractivity contribution in [1.29, 1.82) is 0 Å². The number of hydrogen-bond donors (Lipinski definition) is 1. The Bertz CT molecular complexity index is 554. The predicted octanol–water partition coefficient (Wildman–Crippen LogP) is 4.40. The van der Waals surface area contributed by atoms with Crippen LogP contribution in [0.1, 0.15) is 39.5 Å². The van der Waals surface area contributed by atoms with E-state index in [1.54, 1.807) is 0 Å². The molecule has 0 spiro atoms. The van der Waals surface area contributed by atoms with E-state index in [9.17, 15) is 36.2 Å². The molecule has 0 aliphatic heterocycles. The zero-order chi connectivity index (χ0) is 20.1. The Labute approximate surface area is 147 Å². The van der Waals surface area contributed by atoms with Crippen molar-refractivity contribution in [2.75, 3.05) is 0 Å². The maximum atomic E-state index is 12.9. The van der Waals surface area contributed by atoms with Crippen LogP contribution in [0, 0.1) is 23.7 Å². The van der Waals surface area contributed by atoms with Crippen molar-refractivity contribution in [3.63, 3.8) is 0 Å². The highest BCUT2D eigenvalue weighted by molar-refractivity contribution is 5.87. The van der Waals surface area contributed by atoms with Gasteiger partial charge in [-0.25, -0.2) is 4.79 Å². The SMILES string of the molecule is C=C(C)C(=O)OC1CC2CC1CC2C(C)CC(O)(C(F)(F)F)C(F)(F)F. The zero-order valence-electron chi connectivity index (χ0n) is 14.5. The Morgan fingerprint density at radius 3 is 2.04 bits per heavy atom. The van der Waals surface area contributed by atoms with Gasteiger partial charge in [-0.1, -0.05) is 13.5 Å². The average molecular weight is 388 g/mol. The minimum atomic E-state index is -5.79. The van der Waals surface area contributed by atoms with Crippen LogP contribution in [0.15, 0.2) is 12.2 Å². The minimum Gasteiger partial charge on any atom is -0.459 e. The predicted molar refractivity (Wildman–Crippen MR) is 79.9 cm³/mol. The van der Waals surface area contributed by atoms with Crippen molar-refractivity contribution in [2.45, 2.75) is 63.6 Å². The van der Waals surface area contributed by atoms with Crippen LogP contribution in [0.5, 0.6) is 0 Å². The van der Waals surface area contributed by atoms with Gasteiger partial charge in [0.15, 0.2) is 0 Å². The summed E-state index contributed by atoms with van der Waals surface area (Å²) in [5, 5.41) is 9.39. The Morgan fingerprint density at radius 2 is 1.65 bits per heavy atom. The van der Waals surface area contributed by atoms with Gasteiger partial charge in [0.1, 0.15) is 6.10 Å². The fourth-order valence-corrected chi connectivity index (χ4v) is 4.36. The second kappa shape index (κ2) is 6.73. The van der Waals surface area contributed by atoms with E-state index in [-0.39, 0.29) is 29.4 Å². The van der Waals surface area contributed by atoms with Crippen LogP contribution in [0.2, 0.25) is 0 Å². The molecule has 2 aliphatic rings. The molecule has 0 aromatic carbocycles. The molecule has 0 amide bonds. The Kier molecular flexibility index (Phi) is 5.45. The van der Waals surface area contributed by atoms with Gasteiger partial charge in [-0.05, 0) is 56.3 Å². The van der Waals surface area contributed by atoms with Gasteiger partial charge in [-0.15, -0.1) is 0 Å². The van der Waals surface area contributed by atoms with Crippen LogP contribution in [-0.2, 0) is 9.53 Å². The standard InChI is InChI=1S/C17H22F6O3/c1-8(2)14(24)26-13-6-10-4-11(13)5-12(10)9(3)7-15(25,16(18,19)20)17(21,22)23/h9-13,25H,1,4-7H2,2-3H3. The number of esters is 1. The first-order chi connectivity index (χ1) is 11.7. The van der Waals surface area contributed by atoms with Crippen LogP contribution >= 0.6 is 0 Å².